The van der Waals surface area contributed by atoms with Gasteiger partial charge in [0.05, 0.1) is 7.11 Å². The van der Waals surface area contributed by atoms with E-state index in [2.05, 4.69) is 5.32 Å². The predicted octanol–water partition coefficient (Wildman–Crippen LogP) is 2.37. The summed E-state index contributed by atoms with van der Waals surface area (Å²) < 4.78 is 5.09. The first kappa shape index (κ1) is 14.9. The van der Waals surface area contributed by atoms with E-state index in [0.717, 1.165) is 31.4 Å². The largest absolute Gasteiger partial charge is 0.497 e. The molecule has 0 aliphatic heterocycles. The van der Waals surface area contributed by atoms with Gasteiger partial charge in [-0.3, -0.25) is 4.79 Å². The monoisotopic (exact) mass is 277 g/mol. The average Bonchev–Trinajstić information content (AvgIpc) is 2.72. The Kier molecular flexibility index (Phi) is 5.41. The molecule has 0 spiro atoms. The van der Waals surface area contributed by atoms with Crippen LogP contribution in [0.25, 0.3) is 0 Å². The second kappa shape index (κ2) is 7.29. The van der Waals surface area contributed by atoms with E-state index in [0.29, 0.717) is 5.56 Å². The predicted molar refractivity (Wildman–Crippen MR) is 77.9 cm³/mol. The maximum atomic E-state index is 12.3. The van der Waals surface area contributed by atoms with E-state index < -0.39 is 0 Å². The molecule has 1 aromatic carbocycles. The number of aliphatic hydroxyl groups is 1. The zero-order chi connectivity index (χ0) is 14.4. The molecule has 2 atom stereocenters. The molecule has 0 bridgehead atoms. The third-order valence-electron chi connectivity index (χ3n) is 4.06. The third-order valence-corrected chi connectivity index (χ3v) is 4.06. The lowest BCUT2D eigenvalue weighted by Crippen LogP contribution is -2.41. The SMILES string of the molecule is COc1ccc(C(=O)NC2CCCCCC2CO)cc1. The summed E-state index contributed by atoms with van der Waals surface area (Å²) in [6.45, 7) is 0.146. The molecule has 1 aliphatic carbocycles. The summed E-state index contributed by atoms with van der Waals surface area (Å²) >= 11 is 0. The molecule has 110 valence electrons. The van der Waals surface area contributed by atoms with Gasteiger partial charge in [-0.15, -0.1) is 0 Å². The molecular formula is C16H23NO3. The molecule has 1 aliphatic rings. The lowest BCUT2D eigenvalue weighted by atomic mass is 9.95. The van der Waals surface area contributed by atoms with Crippen molar-refractivity contribution in [1.29, 1.82) is 0 Å². The fraction of sp³-hybridized carbons (Fsp3) is 0.562. The standard InChI is InChI=1S/C16H23NO3/c1-20-14-9-7-12(8-10-14)16(19)17-15-6-4-2-3-5-13(15)11-18/h7-10,13,15,18H,2-6,11H2,1H3,(H,17,19). The maximum absolute atomic E-state index is 12.3. The zero-order valence-electron chi connectivity index (χ0n) is 12.0. The quantitative estimate of drug-likeness (QED) is 0.831. The summed E-state index contributed by atoms with van der Waals surface area (Å²) in [6.07, 6.45) is 5.38. The molecule has 1 saturated carbocycles. The van der Waals surface area contributed by atoms with Crippen LogP contribution in [0.4, 0.5) is 0 Å². The van der Waals surface area contributed by atoms with Gasteiger partial charge in [0.2, 0.25) is 0 Å². The van der Waals surface area contributed by atoms with Crippen LogP contribution < -0.4 is 10.1 Å². The molecule has 0 saturated heterocycles. The first-order valence-electron chi connectivity index (χ1n) is 7.30. The van der Waals surface area contributed by atoms with Gasteiger partial charge in [-0.25, -0.2) is 0 Å². The van der Waals surface area contributed by atoms with Gasteiger partial charge < -0.3 is 15.2 Å². The van der Waals surface area contributed by atoms with Crippen LogP contribution in [0.5, 0.6) is 5.75 Å². The number of rotatable bonds is 4. The lowest BCUT2D eigenvalue weighted by molar-refractivity contribution is 0.0899. The molecule has 1 amide bonds. The normalized spacial score (nSPS) is 22.9. The van der Waals surface area contributed by atoms with Crippen LogP contribution in [0, 0.1) is 5.92 Å². The Morgan fingerprint density at radius 3 is 2.60 bits per heavy atom. The van der Waals surface area contributed by atoms with Gasteiger partial charge in [0, 0.05) is 24.1 Å². The Labute approximate surface area is 120 Å². The fourth-order valence-electron chi connectivity index (χ4n) is 2.79. The first-order valence-corrected chi connectivity index (χ1v) is 7.30. The highest BCUT2D eigenvalue weighted by Crippen LogP contribution is 2.23. The Hall–Kier alpha value is -1.55. The molecule has 2 unspecified atom stereocenters. The molecule has 0 aromatic heterocycles. The fourth-order valence-corrected chi connectivity index (χ4v) is 2.79. The molecule has 20 heavy (non-hydrogen) atoms. The van der Waals surface area contributed by atoms with E-state index in [1.165, 1.54) is 6.42 Å². The molecule has 4 heteroatoms. The summed E-state index contributed by atoms with van der Waals surface area (Å²) in [4.78, 5) is 12.3. The second-order valence-corrected chi connectivity index (χ2v) is 5.39. The summed E-state index contributed by atoms with van der Waals surface area (Å²) in [5.41, 5.74) is 0.631. The van der Waals surface area contributed by atoms with Gasteiger partial charge in [-0.1, -0.05) is 19.3 Å². The van der Waals surface area contributed by atoms with Crippen molar-refractivity contribution in [3.8, 4) is 5.75 Å². The summed E-state index contributed by atoms with van der Waals surface area (Å²) in [5.74, 6) is 0.849. The minimum absolute atomic E-state index is 0.0713. The molecule has 2 rings (SSSR count). The van der Waals surface area contributed by atoms with E-state index in [1.807, 2.05) is 0 Å². The number of carbonyl (C=O) groups is 1. The third kappa shape index (κ3) is 3.73. The van der Waals surface area contributed by atoms with Gasteiger partial charge in [-0.05, 0) is 37.1 Å². The van der Waals surface area contributed by atoms with E-state index >= 15 is 0 Å². The van der Waals surface area contributed by atoms with Crippen LogP contribution >= 0.6 is 0 Å². The van der Waals surface area contributed by atoms with Crippen molar-refractivity contribution in [1.82, 2.24) is 5.32 Å². The van der Waals surface area contributed by atoms with Crippen LogP contribution in [-0.2, 0) is 0 Å². The number of aliphatic hydroxyl groups excluding tert-OH is 1. The Balaban J connectivity index is 2.00. The van der Waals surface area contributed by atoms with Gasteiger partial charge in [0.1, 0.15) is 5.75 Å². The maximum Gasteiger partial charge on any atom is 0.251 e. The van der Waals surface area contributed by atoms with Crippen molar-refractivity contribution < 1.29 is 14.6 Å². The van der Waals surface area contributed by atoms with E-state index in [4.69, 9.17) is 4.74 Å². The van der Waals surface area contributed by atoms with Crippen LogP contribution in [0.1, 0.15) is 42.5 Å². The molecule has 1 fully saturated rings. The van der Waals surface area contributed by atoms with Crippen molar-refractivity contribution in [3.63, 3.8) is 0 Å². The van der Waals surface area contributed by atoms with Crippen LogP contribution in [0.3, 0.4) is 0 Å². The average molecular weight is 277 g/mol. The highest BCUT2D eigenvalue weighted by atomic mass is 16.5. The number of benzene rings is 1. The smallest absolute Gasteiger partial charge is 0.251 e. The molecule has 4 nitrogen and oxygen atoms in total. The highest BCUT2D eigenvalue weighted by molar-refractivity contribution is 5.94. The highest BCUT2D eigenvalue weighted by Gasteiger charge is 2.24. The molecule has 0 heterocycles. The van der Waals surface area contributed by atoms with Crippen molar-refractivity contribution >= 4 is 5.91 Å². The molecule has 1 aromatic rings. The molecular weight excluding hydrogens is 254 g/mol. The van der Waals surface area contributed by atoms with E-state index in [9.17, 15) is 9.90 Å². The Morgan fingerprint density at radius 2 is 1.95 bits per heavy atom. The van der Waals surface area contributed by atoms with Crippen molar-refractivity contribution in [2.24, 2.45) is 5.92 Å². The lowest BCUT2D eigenvalue weighted by Gasteiger charge is -2.24. The van der Waals surface area contributed by atoms with Gasteiger partial charge in [-0.2, -0.15) is 0 Å². The van der Waals surface area contributed by atoms with Gasteiger partial charge in [0.15, 0.2) is 0 Å². The molecule has 0 radical (unpaired) electrons. The van der Waals surface area contributed by atoms with Crippen molar-refractivity contribution in [2.45, 2.75) is 38.1 Å². The Morgan fingerprint density at radius 1 is 1.25 bits per heavy atom. The number of methoxy groups -OCH3 is 1. The van der Waals surface area contributed by atoms with Crippen LogP contribution in [-0.4, -0.2) is 30.8 Å². The summed E-state index contributed by atoms with van der Waals surface area (Å²) in [6, 6.07) is 7.17. The van der Waals surface area contributed by atoms with E-state index in [1.54, 1.807) is 31.4 Å². The van der Waals surface area contributed by atoms with Gasteiger partial charge in [0.25, 0.3) is 5.91 Å². The summed E-state index contributed by atoms with van der Waals surface area (Å²) in [5, 5.41) is 12.5. The van der Waals surface area contributed by atoms with E-state index in [-0.39, 0.29) is 24.5 Å². The van der Waals surface area contributed by atoms with Crippen molar-refractivity contribution in [3.05, 3.63) is 29.8 Å². The van der Waals surface area contributed by atoms with Gasteiger partial charge >= 0.3 is 0 Å². The number of carbonyl (C=O) groups excluding carboxylic acids is 1. The minimum atomic E-state index is -0.0713. The second-order valence-electron chi connectivity index (χ2n) is 5.39. The van der Waals surface area contributed by atoms with Crippen molar-refractivity contribution in [2.75, 3.05) is 13.7 Å². The number of nitrogens with one attached hydrogen (secondary N) is 1. The topological polar surface area (TPSA) is 58.6 Å². The minimum Gasteiger partial charge on any atom is -0.497 e. The first-order chi connectivity index (χ1) is 9.74. The Bertz CT molecular complexity index is 430. The zero-order valence-corrected chi connectivity index (χ0v) is 12.0. The number of ether oxygens (including phenoxy) is 1. The molecule has 2 N–H and O–H groups in total. The number of amides is 1. The number of hydrogen-bond acceptors (Lipinski definition) is 3. The number of hydrogen-bond donors (Lipinski definition) is 2. The van der Waals surface area contributed by atoms with Crippen LogP contribution in [0.2, 0.25) is 0 Å². The van der Waals surface area contributed by atoms with Crippen LogP contribution in [0.15, 0.2) is 24.3 Å². The summed E-state index contributed by atoms with van der Waals surface area (Å²) in [7, 11) is 1.60.